The van der Waals surface area contributed by atoms with Crippen LogP contribution in [-0.2, 0) is 0 Å². The van der Waals surface area contributed by atoms with Gasteiger partial charge in [0, 0.05) is 19.2 Å². The zero-order valence-corrected chi connectivity index (χ0v) is 13.4. The largest absolute Gasteiger partial charge is 0.338 e. The van der Waals surface area contributed by atoms with E-state index in [0.717, 1.165) is 12.8 Å². The van der Waals surface area contributed by atoms with Crippen molar-refractivity contribution in [1.29, 1.82) is 0 Å². The first-order valence-corrected chi connectivity index (χ1v) is 7.78. The first-order valence-electron chi connectivity index (χ1n) is 7.78. The molecule has 0 spiro atoms. The molecule has 0 radical (unpaired) electrons. The summed E-state index contributed by atoms with van der Waals surface area (Å²) in [7, 11) is 0. The number of hydrogen-bond donors (Lipinski definition) is 1. The number of para-hydroxylation sites is 1. The smallest absolute Gasteiger partial charge is 0.272 e. The Morgan fingerprint density at radius 3 is 2.52 bits per heavy atom. The first-order chi connectivity index (χ1) is 11.2. The number of nitrogens with zero attached hydrogens (tertiary/aromatic N) is 3. The van der Waals surface area contributed by atoms with Crippen LogP contribution in [0.25, 0.3) is 0 Å². The maximum atomic E-state index is 13.7. The van der Waals surface area contributed by atoms with Crippen molar-refractivity contribution in [2.45, 2.75) is 26.7 Å². The van der Waals surface area contributed by atoms with Gasteiger partial charge in [0.2, 0.25) is 0 Å². The zero-order valence-electron chi connectivity index (χ0n) is 13.4. The van der Waals surface area contributed by atoms with Crippen LogP contribution >= 0.6 is 0 Å². The van der Waals surface area contributed by atoms with Crippen LogP contribution in [0.3, 0.4) is 0 Å². The van der Waals surface area contributed by atoms with E-state index in [0.29, 0.717) is 30.3 Å². The molecule has 2 rings (SSSR count). The van der Waals surface area contributed by atoms with Crippen LogP contribution in [0.2, 0.25) is 0 Å². The molecule has 0 atom stereocenters. The standard InChI is InChI=1S/C17H21FN4O/c1-3-9-22(10-4-2)17(23)15-11-16(20-12-19-15)21-14-8-6-5-7-13(14)18/h5-8,11-12H,3-4,9-10H2,1-2H3,(H,19,20,21). The van der Waals surface area contributed by atoms with Crippen LogP contribution in [0.4, 0.5) is 15.9 Å². The van der Waals surface area contributed by atoms with Crippen molar-refractivity contribution >= 4 is 17.4 Å². The molecule has 1 aromatic heterocycles. The number of anilines is 2. The number of carbonyl (C=O) groups is 1. The Morgan fingerprint density at radius 1 is 1.17 bits per heavy atom. The summed E-state index contributed by atoms with van der Waals surface area (Å²) in [4.78, 5) is 22.4. The molecule has 1 N–H and O–H groups in total. The lowest BCUT2D eigenvalue weighted by Gasteiger charge is -2.21. The van der Waals surface area contributed by atoms with Gasteiger partial charge in [-0.15, -0.1) is 0 Å². The molecule has 6 heteroatoms. The summed E-state index contributed by atoms with van der Waals surface area (Å²) in [5.41, 5.74) is 0.615. The van der Waals surface area contributed by atoms with Crippen LogP contribution in [0.15, 0.2) is 36.7 Å². The van der Waals surface area contributed by atoms with E-state index >= 15 is 0 Å². The summed E-state index contributed by atoms with van der Waals surface area (Å²) < 4.78 is 13.7. The first kappa shape index (κ1) is 16.9. The summed E-state index contributed by atoms with van der Waals surface area (Å²) in [5.74, 6) is -0.119. The molecule has 0 fully saturated rings. The van der Waals surface area contributed by atoms with Gasteiger partial charge in [-0.05, 0) is 25.0 Å². The third-order valence-electron chi connectivity index (χ3n) is 3.30. The Hall–Kier alpha value is -2.50. The predicted molar refractivity (Wildman–Crippen MR) is 88.2 cm³/mol. The molecule has 122 valence electrons. The number of benzene rings is 1. The summed E-state index contributed by atoms with van der Waals surface area (Å²) in [6.07, 6.45) is 3.08. The average Bonchev–Trinajstić information content (AvgIpc) is 2.56. The Morgan fingerprint density at radius 2 is 1.87 bits per heavy atom. The number of hydrogen-bond acceptors (Lipinski definition) is 4. The maximum Gasteiger partial charge on any atom is 0.272 e. The lowest BCUT2D eigenvalue weighted by atomic mass is 10.2. The Bertz CT molecular complexity index is 657. The Balaban J connectivity index is 2.18. The van der Waals surface area contributed by atoms with Crippen molar-refractivity contribution in [3.8, 4) is 0 Å². The number of amides is 1. The van der Waals surface area contributed by atoms with Gasteiger partial charge in [-0.2, -0.15) is 0 Å². The second-order valence-corrected chi connectivity index (χ2v) is 5.19. The SMILES string of the molecule is CCCN(CCC)C(=O)c1cc(Nc2ccccc2F)ncn1. The topological polar surface area (TPSA) is 58.1 Å². The van der Waals surface area contributed by atoms with Gasteiger partial charge in [0.15, 0.2) is 0 Å². The molecule has 1 aromatic carbocycles. The maximum absolute atomic E-state index is 13.7. The minimum atomic E-state index is -0.377. The molecule has 0 unspecified atom stereocenters. The van der Waals surface area contributed by atoms with Crippen LogP contribution in [-0.4, -0.2) is 33.9 Å². The van der Waals surface area contributed by atoms with Gasteiger partial charge >= 0.3 is 0 Å². The molecule has 0 aliphatic heterocycles. The van der Waals surface area contributed by atoms with Crippen molar-refractivity contribution in [2.24, 2.45) is 0 Å². The molecule has 0 saturated carbocycles. The lowest BCUT2D eigenvalue weighted by Crippen LogP contribution is -2.33. The van der Waals surface area contributed by atoms with E-state index in [1.54, 1.807) is 29.2 Å². The van der Waals surface area contributed by atoms with Crippen molar-refractivity contribution in [3.63, 3.8) is 0 Å². The number of rotatable bonds is 7. The highest BCUT2D eigenvalue weighted by molar-refractivity contribution is 5.93. The third-order valence-corrected chi connectivity index (χ3v) is 3.30. The second kappa shape index (κ2) is 8.22. The summed E-state index contributed by atoms with van der Waals surface area (Å²) in [5, 5.41) is 2.87. The fourth-order valence-electron chi connectivity index (χ4n) is 2.26. The highest BCUT2D eigenvalue weighted by Crippen LogP contribution is 2.18. The van der Waals surface area contributed by atoms with Gasteiger partial charge in [-0.1, -0.05) is 26.0 Å². The number of aromatic nitrogens is 2. The van der Waals surface area contributed by atoms with E-state index in [-0.39, 0.29) is 11.7 Å². The van der Waals surface area contributed by atoms with Crippen LogP contribution in [0, 0.1) is 5.82 Å². The van der Waals surface area contributed by atoms with E-state index in [1.165, 1.54) is 12.4 Å². The monoisotopic (exact) mass is 316 g/mol. The van der Waals surface area contributed by atoms with Crippen molar-refractivity contribution in [2.75, 3.05) is 18.4 Å². The zero-order chi connectivity index (χ0) is 16.7. The normalized spacial score (nSPS) is 10.4. The second-order valence-electron chi connectivity index (χ2n) is 5.19. The number of carbonyl (C=O) groups excluding carboxylic acids is 1. The van der Waals surface area contributed by atoms with Crippen molar-refractivity contribution in [3.05, 3.63) is 48.2 Å². The van der Waals surface area contributed by atoms with Gasteiger partial charge in [0.25, 0.3) is 5.91 Å². The predicted octanol–water partition coefficient (Wildman–Crippen LogP) is 3.62. The van der Waals surface area contributed by atoms with E-state index in [2.05, 4.69) is 15.3 Å². The van der Waals surface area contributed by atoms with E-state index in [4.69, 9.17) is 0 Å². The third kappa shape index (κ3) is 4.48. The molecule has 23 heavy (non-hydrogen) atoms. The van der Waals surface area contributed by atoms with Gasteiger partial charge in [0.1, 0.15) is 23.7 Å². The van der Waals surface area contributed by atoms with Gasteiger partial charge in [-0.3, -0.25) is 4.79 Å². The highest BCUT2D eigenvalue weighted by atomic mass is 19.1. The van der Waals surface area contributed by atoms with Crippen LogP contribution in [0.1, 0.15) is 37.2 Å². The van der Waals surface area contributed by atoms with Crippen molar-refractivity contribution in [1.82, 2.24) is 14.9 Å². The molecule has 0 aliphatic rings. The highest BCUT2D eigenvalue weighted by Gasteiger charge is 2.16. The molecule has 2 aromatic rings. The van der Waals surface area contributed by atoms with E-state index in [9.17, 15) is 9.18 Å². The summed E-state index contributed by atoms with van der Waals surface area (Å²) in [6.45, 7) is 5.43. The van der Waals surface area contributed by atoms with Gasteiger partial charge < -0.3 is 10.2 Å². The van der Waals surface area contributed by atoms with Crippen LogP contribution < -0.4 is 5.32 Å². The fraction of sp³-hybridized carbons (Fsp3) is 0.353. The fourth-order valence-corrected chi connectivity index (χ4v) is 2.26. The molecule has 0 saturated heterocycles. The van der Waals surface area contributed by atoms with Gasteiger partial charge in [0.05, 0.1) is 5.69 Å². The number of halogens is 1. The molecule has 5 nitrogen and oxygen atoms in total. The van der Waals surface area contributed by atoms with Crippen LogP contribution in [0.5, 0.6) is 0 Å². The Labute approximate surface area is 135 Å². The molecular weight excluding hydrogens is 295 g/mol. The molecule has 1 amide bonds. The average molecular weight is 316 g/mol. The molecule has 0 bridgehead atoms. The number of nitrogens with one attached hydrogen (secondary N) is 1. The van der Waals surface area contributed by atoms with E-state index in [1.807, 2.05) is 13.8 Å². The lowest BCUT2D eigenvalue weighted by molar-refractivity contribution is 0.0749. The quantitative estimate of drug-likeness (QED) is 0.847. The van der Waals surface area contributed by atoms with Crippen molar-refractivity contribution < 1.29 is 9.18 Å². The summed E-state index contributed by atoms with van der Waals surface area (Å²) >= 11 is 0. The van der Waals surface area contributed by atoms with E-state index < -0.39 is 0 Å². The Kier molecular flexibility index (Phi) is 6.02. The minimum Gasteiger partial charge on any atom is -0.338 e. The molecule has 1 heterocycles. The minimum absolute atomic E-state index is 0.132. The summed E-state index contributed by atoms with van der Waals surface area (Å²) in [6, 6.07) is 7.86. The molecular formula is C17H21FN4O. The van der Waals surface area contributed by atoms with Gasteiger partial charge in [-0.25, -0.2) is 14.4 Å². The molecule has 0 aliphatic carbocycles.